The number of aromatic amines is 1. The average Bonchev–Trinajstić information content (AvgIpc) is 3.58. The van der Waals surface area contributed by atoms with Gasteiger partial charge in [-0.3, -0.25) is 4.90 Å². The van der Waals surface area contributed by atoms with Crippen LogP contribution in [-0.2, 0) is 11.3 Å². The van der Waals surface area contributed by atoms with Gasteiger partial charge in [0.2, 0.25) is 0 Å². The molecule has 0 radical (unpaired) electrons. The van der Waals surface area contributed by atoms with Crippen LogP contribution in [0, 0.1) is 12.8 Å². The van der Waals surface area contributed by atoms with Crippen LogP contribution in [0.25, 0.3) is 10.9 Å². The maximum absolute atomic E-state index is 11.4. The zero-order valence-electron chi connectivity index (χ0n) is 20.8. The molecule has 2 aliphatic rings. The fourth-order valence-corrected chi connectivity index (χ4v) is 5.95. The molecule has 0 amide bonds. The first kappa shape index (κ1) is 23.9. The van der Waals surface area contributed by atoms with E-state index in [0.29, 0.717) is 11.5 Å². The van der Waals surface area contributed by atoms with Crippen LogP contribution >= 0.6 is 0 Å². The SMILES string of the molecule is COc1cc(C)c2[nH]ccc2c1CN1CC[C@@H](OCC2CCCC2)C[C@@H]1c1ccc(C(=O)O)cc1. The van der Waals surface area contributed by atoms with Crippen molar-refractivity contribution in [2.45, 2.75) is 64.1 Å². The van der Waals surface area contributed by atoms with Crippen molar-refractivity contribution in [3.63, 3.8) is 0 Å². The van der Waals surface area contributed by atoms with Gasteiger partial charge in [-0.15, -0.1) is 0 Å². The van der Waals surface area contributed by atoms with Gasteiger partial charge in [0.1, 0.15) is 5.75 Å². The standard InChI is InChI=1S/C29H36N2O4/c1-19-15-27(34-2)25(24-11-13-30-28(19)24)17-31-14-12-23(35-18-20-5-3-4-6-20)16-26(31)21-7-9-22(10-8-21)29(32)33/h7-11,13,15,20,23,26,30H,3-6,12,14,16-18H2,1-2H3,(H,32,33)/t23-,26-/m1/s1. The molecule has 3 aromatic rings. The lowest BCUT2D eigenvalue weighted by molar-refractivity contribution is -0.0311. The van der Waals surface area contributed by atoms with Crippen LogP contribution in [0.3, 0.4) is 0 Å². The van der Waals surface area contributed by atoms with Gasteiger partial charge in [0.25, 0.3) is 0 Å². The van der Waals surface area contributed by atoms with Crippen molar-refractivity contribution >= 4 is 16.9 Å². The van der Waals surface area contributed by atoms with E-state index >= 15 is 0 Å². The fraction of sp³-hybridized carbons (Fsp3) is 0.483. The number of fused-ring (bicyclic) bond motifs is 1. The van der Waals surface area contributed by atoms with Crippen molar-refractivity contribution in [1.82, 2.24) is 9.88 Å². The summed E-state index contributed by atoms with van der Waals surface area (Å²) >= 11 is 0. The van der Waals surface area contributed by atoms with Crippen LogP contribution in [0.1, 0.15) is 71.6 Å². The van der Waals surface area contributed by atoms with Crippen LogP contribution in [0.2, 0.25) is 0 Å². The van der Waals surface area contributed by atoms with Gasteiger partial charge in [-0.25, -0.2) is 4.79 Å². The molecule has 0 unspecified atom stereocenters. The highest BCUT2D eigenvalue weighted by Gasteiger charge is 2.32. The number of benzene rings is 2. The van der Waals surface area contributed by atoms with E-state index in [0.717, 1.165) is 49.4 Å². The number of ether oxygens (including phenoxy) is 2. The van der Waals surface area contributed by atoms with Gasteiger partial charge >= 0.3 is 5.97 Å². The number of likely N-dealkylation sites (tertiary alicyclic amines) is 1. The summed E-state index contributed by atoms with van der Waals surface area (Å²) < 4.78 is 12.3. The number of nitrogens with zero attached hydrogens (tertiary/aromatic N) is 1. The first-order valence-corrected chi connectivity index (χ1v) is 12.9. The summed E-state index contributed by atoms with van der Waals surface area (Å²) in [6, 6.07) is 11.8. The van der Waals surface area contributed by atoms with Crippen molar-refractivity contribution < 1.29 is 19.4 Å². The summed E-state index contributed by atoms with van der Waals surface area (Å²) in [5.74, 6) is 0.725. The van der Waals surface area contributed by atoms with Crippen molar-refractivity contribution in [3.05, 3.63) is 64.8 Å². The molecule has 1 saturated heterocycles. The molecule has 1 aromatic heterocycles. The summed E-state index contributed by atoms with van der Waals surface area (Å²) in [6.45, 7) is 4.65. The molecule has 1 aliphatic heterocycles. The number of carboxylic acid groups (broad SMARTS) is 1. The van der Waals surface area contributed by atoms with Gasteiger partial charge in [0.05, 0.1) is 18.8 Å². The van der Waals surface area contributed by atoms with Crippen LogP contribution in [-0.4, -0.2) is 47.3 Å². The molecule has 0 bridgehead atoms. The lowest BCUT2D eigenvalue weighted by Gasteiger charge is -2.40. The molecule has 2 N–H and O–H groups in total. The van der Waals surface area contributed by atoms with Gasteiger partial charge in [0, 0.05) is 48.4 Å². The minimum atomic E-state index is -0.894. The maximum atomic E-state index is 11.4. The number of carbonyl (C=O) groups is 1. The van der Waals surface area contributed by atoms with E-state index < -0.39 is 5.97 Å². The normalized spacial score (nSPS) is 21.5. The number of aromatic nitrogens is 1. The molecule has 6 heteroatoms. The zero-order valence-corrected chi connectivity index (χ0v) is 20.8. The zero-order chi connectivity index (χ0) is 24.4. The number of aryl methyl sites for hydroxylation is 1. The first-order valence-electron chi connectivity index (χ1n) is 12.9. The molecule has 186 valence electrons. The largest absolute Gasteiger partial charge is 0.496 e. The number of hydrogen-bond donors (Lipinski definition) is 2. The van der Waals surface area contributed by atoms with Gasteiger partial charge in [0.15, 0.2) is 0 Å². The Morgan fingerprint density at radius 1 is 1.14 bits per heavy atom. The Kier molecular flexibility index (Phi) is 7.12. The van der Waals surface area contributed by atoms with Gasteiger partial charge < -0.3 is 19.6 Å². The number of H-pyrrole nitrogens is 1. The molecule has 35 heavy (non-hydrogen) atoms. The molecular weight excluding hydrogens is 440 g/mol. The van der Waals surface area contributed by atoms with E-state index in [1.807, 2.05) is 18.3 Å². The summed E-state index contributed by atoms with van der Waals surface area (Å²) in [6.07, 6.45) is 9.37. The molecule has 1 saturated carbocycles. The third-order valence-electron chi connectivity index (χ3n) is 7.94. The minimum Gasteiger partial charge on any atom is -0.496 e. The molecule has 2 heterocycles. The molecular formula is C29H36N2O4. The number of carboxylic acids is 1. The predicted molar refractivity (Wildman–Crippen MR) is 137 cm³/mol. The van der Waals surface area contributed by atoms with E-state index in [9.17, 15) is 9.90 Å². The molecule has 6 nitrogen and oxygen atoms in total. The number of aromatic carboxylic acids is 1. The number of hydrogen-bond acceptors (Lipinski definition) is 4. The Hall–Kier alpha value is -2.83. The Morgan fingerprint density at radius 2 is 1.91 bits per heavy atom. The number of methoxy groups -OCH3 is 1. The second kappa shape index (κ2) is 10.4. The Labute approximate surface area is 207 Å². The lowest BCUT2D eigenvalue weighted by Crippen LogP contribution is -2.40. The van der Waals surface area contributed by atoms with Crippen LogP contribution in [0.5, 0.6) is 5.75 Å². The van der Waals surface area contributed by atoms with Gasteiger partial charge in [-0.1, -0.05) is 25.0 Å². The van der Waals surface area contributed by atoms with Crippen LogP contribution in [0.15, 0.2) is 42.6 Å². The summed E-state index contributed by atoms with van der Waals surface area (Å²) in [7, 11) is 1.74. The second-order valence-corrected chi connectivity index (χ2v) is 10.2. The quantitative estimate of drug-likeness (QED) is 0.411. The molecule has 0 spiro atoms. The van der Waals surface area contributed by atoms with E-state index in [2.05, 4.69) is 28.9 Å². The number of rotatable bonds is 8. The van der Waals surface area contributed by atoms with E-state index in [1.165, 1.54) is 42.2 Å². The Balaban J connectivity index is 1.41. The average molecular weight is 477 g/mol. The van der Waals surface area contributed by atoms with Crippen molar-refractivity contribution in [3.8, 4) is 5.75 Å². The highest BCUT2D eigenvalue weighted by molar-refractivity contribution is 5.88. The predicted octanol–water partition coefficient (Wildman–Crippen LogP) is 6.10. The van der Waals surface area contributed by atoms with E-state index in [-0.39, 0.29) is 12.1 Å². The number of piperidine rings is 1. The first-order chi connectivity index (χ1) is 17.0. The van der Waals surface area contributed by atoms with Crippen molar-refractivity contribution in [1.29, 1.82) is 0 Å². The number of nitrogens with one attached hydrogen (secondary N) is 1. The van der Waals surface area contributed by atoms with E-state index in [1.54, 1.807) is 19.2 Å². The molecule has 5 rings (SSSR count). The highest BCUT2D eigenvalue weighted by atomic mass is 16.5. The summed E-state index contributed by atoms with van der Waals surface area (Å²) in [5, 5.41) is 10.6. The molecule has 1 aliphatic carbocycles. The van der Waals surface area contributed by atoms with Crippen molar-refractivity contribution in [2.75, 3.05) is 20.3 Å². The lowest BCUT2D eigenvalue weighted by atomic mass is 9.91. The van der Waals surface area contributed by atoms with Crippen LogP contribution < -0.4 is 4.74 Å². The van der Waals surface area contributed by atoms with E-state index in [4.69, 9.17) is 9.47 Å². The Morgan fingerprint density at radius 3 is 2.63 bits per heavy atom. The van der Waals surface area contributed by atoms with Crippen LogP contribution in [0.4, 0.5) is 0 Å². The monoisotopic (exact) mass is 476 g/mol. The highest BCUT2D eigenvalue weighted by Crippen LogP contribution is 2.38. The maximum Gasteiger partial charge on any atom is 0.335 e. The summed E-state index contributed by atoms with van der Waals surface area (Å²) in [4.78, 5) is 17.3. The molecule has 2 aromatic carbocycles. The topological polar surface area (TPSA) is 74.8 Å². The minimum absolute atomic E-state index is 0.153. The molecule has 2 fully saturated rings. The van der Waals surface area contributed by atoms with Crippen molar-refractivity contribution in [2.24, 2.45) is 5.92 Å². The second-order valence-electron chi connectivity index (χ2n) is 10.2. The Bertz CT molecular complexity index is 1160. The fourth-order valence-electron chi connectivity index (χ4n) is 5.95. The van der Waals surface area contributed by atoms with Gasteiger partial charge in [-0.05, 0) is 73.9 Å². The summed E-state index contributed by atoms with van der Waals surface area (Å²) in [5.41, 5.74) is 4.97. The third-order valence-corrected chi connectivity index (χ3v) is 7.94. The molecule has 2 atom stereocenters. The van der Waals surface area contributed by atoms with Gasteiger partial charge in [-0.2, -0.15) is 0 Å². The third kappa shape index (κ3) is 5.09. The smallest absolute Gasteiger partial charge is 0.335 e.